The third-order valence-electron chi connectivity index (χ3n) is 4.10. The number of benzene rings is 1. The molecule has 116 valence electrons. The van der Waals surface area contributed by atoms with Gasteiger partial charge in [-0.3, -0.25) is 4.79 Å². The zero-order valence-corrected chi connectivity index (χ0v) is 13.2. The monoisotopic (exact) mass is 289 g/mol. The summed E-state index contributed by atoms with van der Waals surface area (Å²) in [4.78, 5) is 14.0. The quantitative estimate of drug-likeness (QED) is 0.844. The Morgan fingerprint density at radius 2 is 1.86 bits per heavy atom. The molecule has 21 heavy (non-hydrogen) atoms. The Balaban J connectivity index is 1.81. The fourth-order valence-electron chi connectivity index (χ4n) is 2.79. The van der Waals surface area contributed by atoms with E-state index in [0.717, 1.165) is 17.8 Å². The topological polar surface area (TPSA) is 44.4 Å². The van der Waals surface area contributed by atoms with Crippen molar-refractivity contribution in [2.24, 2.45) is 0 Å². The first-order chi connectivity index (χ1) is 10.2. The van der Waals surface area contributed by atoms with Crippen LogP contribution >= 0.6 is 0 Å². The second-order valence-electron chi connectivity index (χ2n) is 5.68. The lowest BCUT2D eigenvalue weighted by atomic mass is 10.0. The number of nitrogens with zero attached hydrogens (tertiary/aromatic N) is 1. The van der Waals surface area contributed by atoms with E-state index in [0.29, 0.717) is 19.0 Å². The number of nitrogens with one attached hydrogen (secondary N) is 2. The second kappa shape index (κ2) is 8.03. The Morgan fingerprint density at radius 1 is 1.19 bits per heavy atom. The van der Waals surface area contributed by atoms with Crippen LogP contribution in [0, 0.1) is 0 Å². The Hall–Kier alpha value is -1.55. The summed E-state index contributed by atoms with van der Waals surface area (Å²) in [5.74, 6) is 0.0881. The van der Waals surface area contributed by atoms with Crippen LogP contribution in [0.15, 0.2) is 24.3 Å². The van der Waals surface area contributed by atoms with Crippen molar-refractivity contribution in [3.05, 3.63) is 29.8 Å². The van der Waals surface area contributed by atoms with Crippen LogP contribution in [0.3, 0.4) is 0 Å². The minimum atomic E-state index is 0.0881. The second-order valence-corrected chi connectivity index (χ2v) is 5.68. The number of hydrogen-bond donors (Lipinski definition) is 2. The lowest BCUT2D eigenvalue weighted by molar-refractivity contribution is -0.120. The Morgan fingerprint density at radius 3 is 2.43 bits per heavy atom. The van der Waals surface area contributed by atoms with Gasteiger partial charge < -0.3 is 15.5 Å². The van der Waals surface area contributed by atoms with Crippen LogP contribution in [-0.2, 0) is 11.2 Å². The van der Waals surface area contributed by atoms with Crippen molar-refractivity contribution in [2.45, 2.75) is 39.2 Å². The molecule has 1 heterocycles. The molecule has 0 spiro atoms. The largest absolute Gasteiger partial charge is 0.382 e. The molecule has 1 aliphatic heterocycles. The van der Waals surface area contributed by atoms with Gasteiger partial charge in [0.05, 0.1) is 6.42 Å². The summed E-state index contributed by atoms with van der Waals surface area (Å²) in [5, 5.41) is 6.43. The number of rotatable bonds is 6. The van der Waals surface area contributed by atoms with E-state index in [1.807, 2.05) is 19.1 Å². The number of piperidine rings is 1. The fraction of sp³-hybridized carbons (Fsp3) is 0.588. The van der Waals surface area contributed by atoms with E-state index in [1.165, 1.54) is 25.9 Å². The maximum Gasteiger partial charge on any atom is 0.224 e. The highest BCUT2D eigenvalue weighted by Crippen LogP contribution is 2.17. The van der Waals surface area contributed by atoms with Gasteiger partial charge in [-0.25, -0.2) is 0 Å². The molecule has 4 heteroatoms. The molecule has 0 bridgehead atoms. The Bertz CT molecular complexity index is 436. The molecule has 4 nitrogen and oxygen atoms in total. The van der Waals surface area contributed by atoms with Crippen LogP contribution in [0.4, 0.5) is 5.69 Å². The van der Waals surface area contributed by atoms with Gasteiger partial charge in [-0.15, -0.1) is 0 Å². The van der Waals surface area contributed by atoms with E-state index in [2.05, 4.69) is 34.6 Å². The van der Waals surface area contributed by atoms with E-state index in [1.54, 1.807) is 0 Å². The Kier molecular flexibility index (Phi) is 6.05. The summed E-state index contributed by atoms with van der Waals surface area (Å²) in [5.41, 5.74) is 2.22. The van der Waals surface area contributed by atoms with E-state index >= 15 is 0 Å². The van der Waals surface area contributed by atoms with Crippen molar-refractivity contribution in [3.8, 4) is 0 Å². The normalized spacial score (nSPS) is 16.7. The molecule has 0 atom stereocenters. The van der Waals surface area contributed by atoms with Gasteiger partial charge in [0.2, 0.25) is 5.91 Å². The van der Waals surface area contributed by atoms with Crippen LogP contribution in [0.5, 0.6) is 0 Å². The van der Waals surface area contributed by atoms with Crippen molar-refractivity contribution in [1.82, 2.24) is 10.2 Å². The average Bonchev–Trinajstić information content (AvgIpc) is 2.50. The molecule has 1 saturated heterocycles. The van der Waals surface area contributed by atoms with Crippen molar-refractivity contribution >= 4 is 11.6 Å². The fourth-order valence-corrected chi connectivity index (χ4v) is 2.79. The van der Waals surface area contributed by atoms with Crippen LogP contribution < -0.4 is 10.6 Å². The first kappa shape index (κ1) is 15.8. The van der Waals surface area contributed by atoms with Crippen LogP contribution in [0.2, 0.25) is 0 Å². The number of likely N-dealkylation sites (tertiary alicyclic amines) is 1. The number of hydrogen-bond acceptors (Lipinski definition) is 3. The van der Waals surface area contributed by atoms with Crippen molar-refractivity contribution in [1.29, 1.82) is 0 Å². The van der Waals surface area contributed by atoms with E-state index in [4.69, 9.17) is 0 Å². The molecule has 0 radical (unpaired) electrons. The zero-order chi connectivity index (χ0) is 15.1. The standard InChI is InChI=1S/C17H27N3O/c1-3-18-17(21)13-14-5-7-15(8-6-14)19-16-9-11-20(4-2)12-10-16/h5-8,16,19H,3-4,9-13H2,1-2H3,(H,18,21). The smallest absolute Gasteiger partial charge is 0.224 e. The average molecular weight is 289 g/mol. The number of likely N-dealkylation sites (N-methyl/N-ethyl adjacent to an activating group) is 1. The Labute approximate surface area is 127 Å². The van der Waals surface area contributed by atoms with Crippen LogP contribution in [-0.4, -0.2) is 43.0 Å². The van der Waals surface area contributed by atoms with Gasteiger partial charge in [-0.2, -0.15) is 0 Å². The molecular weight excluding hydrogens is 262 g/mol. The summed E-state index contributed by atoms with van der Waals surface area (Å²) in [7, 11) is 0. The number of carbonyl (C=O) groups is 1. The van der Waals surface area contributed by atoms with Crippen LogP contribution in [0.25, 0.3) is 0 Å². The molecule has 2 rings (SSSR count). The van der Waals surface area contributed by atoms with E-state index < -0.39 is 0 Å². The van der Waals surface area contributed by atoms with Gasteiger partial charge in [0.1, 0.15) is 0 Å². The highest BCUT2D eigenvalue weighted by molar-refractivity contribution is 5.78. The molecule has 1 fully saturated rings. The zero-order valence-electron chi connectivity index (χ0n) is 13.2. The van der Waals surface area contributed by atoms with Gasteiger partial charge in [0, 0.05) is 31.4 Å². The highest BCUT2D eigenvalue weighted by atomic mass is 16.1. The minimum absolute atomic E-state index is 0.0881. The molecule has 1 aromatic rings. The SMILES string of the molecule is CCNC(=O)Cc1ccc(NC2CCN(CC)CC2)cc1. The summed E-state index contributed by atoms with van der Waals surface area (Å²) < 4.78 is 0. The van der Waals surface area contributed by atoms with Crippen molar-refractivity contribution in [3.63, 3.8) is 0 Å². The third kappa shape index (κ3) is 5.05. The van der Waals surface area contributed by atoms with Gasteiger partial charge in [-0.05, 0) is 44.0 Å². The van der Waals surface area contributed by atoms with Gasteiger partial charge in [0.15, 0.2) is 0 Å². The maximum absolute atomic E-state index is 11.5. The minimum Gasteiger partial charge on any atom is -0.382 e. The molecule has 2 N–H and O–H groups in total. The van der Waals surface area contributed by atoms with E-state index in [9.17, 15) is 4.79 Å². The molecular formula is C17H27N3O. The summed E-state index contributed by atoms with van der Waals surface area (Å²) in [6.07, 6.45) is 2.87. The molecule has 0 aliphatic carbocycles. The van der Waals surface area contributed by atoms with Crippen LogP contribution in [0.1, 0.15) is 32.3 Å². The molecule has 0 unspecified atom stereocenters. The highest BCUT2D eigenvalue weighted by Gasteiger charge is 2.17. The summed E-state index contributed by atoms with van der Waals surface area (Å²) >= 11 is 0. The number of anilines is 1. The summed E-state index contributed by atoms with van der Waals surface area (Å²) in [6, 6.07) is 8.82. The first-order valence-corrected chi connectivity index (χ1v) is 8.05. The molecule has 1 aliphatic rings. The summed E-state index contributed by atoms with van der Waals surface area (Å²) in [6.45, 7) is 8.37. The van der Waals surface area contributed by atoms with E-state index in [-0.39, 0.29) is 5.91 Å². The van der Waals surface area contributed by atoms with Gasteiger partial charge in [0.25, 0.3) is 0 Å². The lowest BCUT2D eigenvalue weighted by Gasteiger charge is -2.32. The molecule has 0 aromatic heterocycles. The van der Waals surface area contributed by atoms with Crippen molar-refractivity contribution in [2.75, 3.05) is 31.5 Å². The van der Waals surface area contributed by atoms with Gasteiger partial charge in [-0.1, -0.05) is 19.1 Å². The molecule has 0 saturated carbocycles. The van der Waals surface area contributed by atoms with Crippen molar-refractivity contribution < 1.29 is 4.79 Å². The molecule has 1 amide bonds. The van der Waals surface area contributed by atoms with Gasteiger partial charge >= 0.3 is 0 Å². The third-order valence-corrected chi connectivity index (χ3v) is 4.10. The lowest BCUT2D eigenvalue weighted by Crippen LogP contribution is -2.38. The first-order valence-electron chi connectivity index (χ1n) is 8.05. The maximum atomic E-state index is 11.5. The predicted molar refractivity (Wildman–Crippen MR) is 87.6 cm³/mol. The molecule has 1 aromatic carbocycles. The number of amides is 1. The predicted octanol–water partition coefficient (Wildman–Crippen LogP) is 2.26. The number of carbonyl (C=O) groups excluding carboxylic acids is 1.